The SMILES string of the molecule is C=C(Br)CCC(=C)C(=C)CC.C=N. The van der Waals surface area contributed by atoms with Gasteiger partial charge in [-0.15, -0.1) is 0 Å². The molecule has 0 saturated heterocycles. The van der Waals surface area contributed by atoms with Crippen LogP contribution in [0.5, 0.6) is 0 Å². The Kier molecular flexibility index (Phi) is 10.8. The van der Waals surface area contributed by atoms with Gasteiger partial charge in [0.15, 0.2) is 0 Å². The van der Waals surface area contributed by atoms with E-state index in [0.29, 0.717) is 0 Å². The van der Waals surface area contributed by atoms with Gasteiger partial charge >= 0.3 is 0 Å². The smallest absolute Gasteiger partial charge is 0.0118 e. The molecule has 0 aromatic rings. The summed E-state index contributed by atoms with van der Waals surface area (Å²) in [6.45, 7) is 16.2. The summed E-state index contributed by atoms with van der Waals surface area (Å²) in [6.07, 6.45) is 2.92. The largest absolute Gasteiger partial charge is 0.317 e. The van der Waals surface area contributed by atoms with Crippen LogP contribution in [-0.2, 0) is 0 Å². The third kappa shape index (κ3) is 9.28. The topological polar surface area (TPSA) is 23.9 Å². The fraction of sp³-hybridized carbons (Fsp3) is 0.364. The van der Waals surface area contributed by atoms with E-state index in [1.54, 1.807) is 0 Å². The fourth-order valence-corrected chi connectivity index (χ4v) is 0.912. The summed E-state index contributed by atoms with van der Waals surface area (Å²) < 4.78 is 1.03. The summed E-state index contributed by atoms with van der Waals surface area (Å²) in [4.78, 5) is 0. The molecule has 0 bridgehead atoms. The van der Waals surface area contributed by atoms with E-state index in [1.807, 2.05) is 0 Å². The van der Waals surface area contributed by atoms with Crippen molar-refractivity contribution in [3.05, 3.63) is 35.4 Å². The molecule has 0 saturated carbocycles. The van der Waals surface area contributed by atoms with Crippen LogP contribution in [0.3, 0.4) is 0 Å². The van der Waals surface area contributed by atoms with Gasteiger partial charge in [-0.2, -0.15) is 0 Å². The molecule has 1 nitrogen and oxygen atoms in total. The average Bonchev–Trinajstić information content (AvgIpc) is 2.16. The molecule has 0 unspecified atom stereocenters. The molecule has 0 rings (SSSR count). The van der Waals surface area contributed by atoms with E-state index in [0.717, 1.165) is 34.9 Å². The van der Waals surface area contributed by atoms with E-state index < -0.39 is 0 Å². The van der Waals surface area contributed by atoms with Gasteiger partial charge in [-0.25, -0.2) is 0 Å². The van der Waals surface area contributed by atoms with E-state index in [1.165, 1.54) is 0 Å². The van der Waals surface area contributed by atoms with Crippen molar-refractivity contribution in [3.8, 4) is 0 Å². The maximum Gasteiger partial charge on any atom is -0.0118 e. The molecule has 13 heavy (non-hydrogen) atoms. The molecule has 0 heterocycles. The molecule has 0 aromatic heterocycles. The highest BCUT2D eigenvalue weighted by Crippen LogP contribution is 2.19. The third-order valence-electron chi connectivity index (χ3n) is 1.62. The van der Waals surface area contributed by atoms with Crippen molar-refractivity contribution >= 4 is 22.6 Å². The number of halogens is 1. The Hall–Kier alpha value is -0.630. The zero-order valence-electron chi connectivity index (χ0n) is 8.33. The number of allylic oxidation sites excluding steroid dienone is 3. The van der Waals surface area contributed by atoms with Crippen LogP contribution in [0.15, 0.2) is 35.4 Å². The van der Waals surface area contributed by atoms with Crippen molar-refractivity contribution < 1.29 is 0 Å². The number of rotatable bonds is 5. The van der Waals surface area contributed by atoms with Crippen molar-refractivity contribution in [1.82, 2.24) is 0 Å². The van der Waals surface area contributed by atoms with Gasteiger partial charge in [0.1, 0.15) is 0 Å². The van der Waals surface area contributed by atoms with E-state index >= 15 is 0 Å². The Balaban J connectivity index is 0. The van der Waals surface area contributed by atoms with Crippen molar-refractivity contribution in [2.45, 2.75) is 26.2 Å². The maximum absolute atomic E-state index is 5.50. The highest BCUT2D eigenvalue weighted by molar-refractivity contribution is 9.11. The summed E-state index contributed by atoms with van der Waals surface area (Å²) in [5, 5.41) is 5.50. The van der Waals surface area contributed by atoms with Gasteiger partial charge in [0, 0.05) is 0 Å². The van der Waals surface area contributed by atoms with Gasteiger partial charge in [-0.1, -0.05) is 53.7 Å². The lowest BCUT2D eigenvalue weighted by Gasteiger charge is -2.05. The first-order chi connectivity index (χ1) is 6.07. The number of hydrogen-bond donors (Lipinski definition) is 1. The Bertz CT molecular complexity index is 194. The van der Waals surface area contributed by atoms with Crippen LogP contribution < -0.4 is 0 Å². The Morgan fingerprint density at radius 1 is 1.08 bits per heavy atom. The van der Waals surface area contributed by atoms with E-state index in [9.17, 15) is 0 Å². The van der Waals surface area contributed by atoms with Crippen molar-refractivity contribution in [2.24, 2.45) is 0 Å². The minimum atomic E-state index is 0.956. The first-order valence-corrected chi connectivity index (χ1v) is 4.91. The van der Waals surface area contributed by atoms with Gasteiger partial charge in [0.05, 0.1) is 0 Å². The third-order valence-corrected chi connectivity index (χ3v) is 2.02. The first-order valence-electron chi connectivity index (χ1n) is 4.12. The van der Waals surface area contributed by atoms with E-state index in [2.05, 4.69) is 49.3 Å². The summed E-state index contributed by atoms with van der Waals surface area (Å²) in [5.41, 5.74) is 2.30. The lowest BCUT2D eigenvalue weighted by atomic mass is 10.0. The molecule has 0 spiro atoms. The Morgan fingerprint density at radius 2 is 1.54 bits per heavy atom. The molecule has 0 atom stereocenters. The van der Waals surface area contributed by atoms with Gasteiger partial charge in [-0.3, -0.25) is 0 Å². The standard InChI is InChI=1S/C10H15Br.CH3N/c1-5-8(2)9(3)6-7-10(4)11;1-2/h2-7H2,1H3;2H,1H2. The summed E-state index contributed by atoms with van der Waals surface area (Å²) in [5.74, 6) is 0. The van der Waals surface area contributed by atoms with Crippen LogP contribution in [0.2, 0.25) is 0 Å². The van der Waals surface area contributed by atoms with Crippen molar-refractivity contribution in [1.29, 1.82) is 5.41 Å². The second-order valence-electron chi connectivity index (χ2n) is 2.58. The molecule has 0 amide bonds. The molecule has 2 heteroatoms. The molecule has 74 valence electrons. The summed E-state index contributed by atoms with van der Waals surface area (Å²) in [6, 6.07) is 0. The van der Waals surface area contributed by atoms with Gasteiger partial charge in [0.25, 0.3) is 0 Å². The lowest BCUT2D eigenvalue weighted by Crippen LogP contribution is -1.85. The van der Waals surface area contributed by atoms with Gasteiger partial charge in [0.2, 0.25) is 0 Å². The minimum absolute atomic E-state index is 0.956. The van der Waals surface area contributed by atoms with Crippen LogP contribution in [0.25, 0.3) is 0 Å². The van der Waals surface area contributed by atoms with Crippen LogP contribution >= 0.6 is 15.9 Å². The van der Waals surface area contributed by atoms with Crippen molar-refractivity contribution in [2.75, 3.05) is 0 Å². The average molecular weight is 244 g/mol. The molecular weight excluding hydrogens is 226 g/mol. The van der Waals surface area contributed by atoms with Crippen LogP contribution in [0.1, 0.15) is 26.2 Å². The quantitative estimate of drug-likeness (QED) is 0.545. The maximum atomic E-state index is 5.50. The number of nitrogens with one attached hydrogen (secondary N) is 1. The molecule has 0 radical (unpaired) electrons. The lowest BCUT2D eigenvalue weighted by molar-refractivity contribution is 0.956. The van der Waals surface area contributed by atoms with Crippen molar-refractivity contribution in [3.63, 3.8) is 0 Å². The van der Waals surface area contributed by atoms with E-state index in [4.69, 9.17) is 5.41 Å². The van der Waals surface area contributed by atoms with Gasteiger partial charge < -0.3 is 5.41 Å². The molecule has 0 aliphatic heterocycles. The van der Waals surface area contributed by atoms with Crippen LogP contribution in [0, 0.1) is 5.41 Å². The molecule has 1 N–H and O–H groups in total. The molecule has 0 aliphatic rings. The molecule has 0 aromatic carbocycles. The second kappa shape index (κ2) is 9.46. The fourth-order valence-electron chi connectivity index (χ4n) is 0.713. The monoisotopic (exact) mass is 243 g/mol. The predicted molar refractivity (Wildman–Crippen MR) is 65.7 cm³/mol. The number of hydrogen-bond acceptors (Lipinski definition) is 1. The summed E-state index contributed by atoms with van der Waals surface area (Å²) >= 11 is 3.31. The Labute approximate surface area is 89.9 Å². The summed E-state index contributed by atoms with van der Waals surface area (Å²) in [7, 11) is 0. The normalized spacial score (nSPS) is 8.15. The van der Waals surface area contributed by atoms with Gasteiger partial charge in [-0.05, 0) is 30.5 Å². The van der Waals surface area contributed by atoms with E-state index in [-0.39, 0.29) is 0 Å². The first kappa shape index (κ1) is 14.9. The molecular formula is C11H18BrN. The zero-order chi connectivity index (χ0) is 10.9. The zero-order valence-corrected chi connectivity index (χ0v) is 9.91. The molecule has 0 fully saturated rings. The second-order valence-corrected chi connectivity index (χ2v) is 3.70. The highest BCUT2D eigenvalue weighted by Gasteiger charge is 1.97. The van der Waals surface area contributed by atoms with Crippen LogP contribution in [0.4, 0.5) is 0 Å². The molecule has 0 aliphatic carbocycles. The highest BCUT2D eigenvalue weighted by atomic mass is 79.9. The predicted octanol–water partition coefficient (Wildman–Crippen LogP) is 4.46. The van der Waals surface area contributed by atoms with Crippen LogP contribution in [-0.4, -0.2) is 6.72 Å². The minimum Gasteiger partial charge on any atom is -0.317 e. The Morgan fingerprint density at radius 3 is 1.85 bits per heavy atom.